The summed E-state index contributed by atoms with van der Waals surface area (Å²) in [6.45, 7) is 2.88. The summed E-state index contributed by atoms with van der Waals surface area (Å²) in [7, 11) is 0. The molecule has 0 saturated carbocycles. The van der Waals surface area contributed by atoms with Crippen molar-refractivity contribution in [3.05, 3.63) is 35.4 Å². The molecule has 0 aliphatic carbocycles. The van der Waals surface area contributed by atoms with Crippen LogP contribution in [0.5, 0.6) is 0 Å². The van der Waals surface area contributed by atoms with Crippen molar-refractivity contribution in [3.63, 3.8) is 0 Å². The second-order valence-electron chi connectivity index (χ2n) is 3.58. The van der Waals surface area contributed by atoms with Crippen LogP contribution >= 0.6 is 0 Å². The van der Waals surface area contributed by atoms with Crippen LogP contribution in [0.15, 0.2) is 24.3 Å². The quantitative estimate of drug-likeness (QED) is 0.690. The maximum absolute atomic E-state index is 11.6. The van der Waals surface area contributed by atoms with Gasteiger partial charge in [0.25, 0.3) is 5.91 Å². The predicted molar refractivity (Wildman–Crippen MR) is 63.1 cm³/mol. The lowest BCUT2D eigenvalue weighted by atomic mass is 10.0. The Morgan fingerprint density at radius 2 is 2.31 bits per heavy atom. The molecular formula is C12H18N2O2. The minimum atomic E-state index is -0.598. The fourth-order valence-electron chi connectivity index (χ4n) is 1.47. The molecule has 1 aromatic carbocycles. The van der Waals surface area contributed by atoms with Crippen molar-refractivity contribution in [2.75, 3.05) is 13.1 Å². The third-order valence-corrected chi connectivity index (χ3v) is 2.31. The monoisotopic (exact) mass is 222 g/mol. The van der Waals surface area contributed by atoms with Crippen molar-refractivity contribution in [3.8, 4) is 0 Å². The number of benzene rings is 1. The van der Waals surface area contributed by atoms with Crippen molar-refractivity contribution >= 4 is 5.91 Å². The van der Waals surface area contributed by atoms with E-state index in [4.69, 9.17) is 5.73 Å². The second-order valence-corrected chi connectivity index (χ2v) is 3.58. The van der Waals surface area contributed by atoms with Gasteiger partial charge in [-0.25, -0.2) is 0 Å². The number of carbonyl (C=O) groups excluding carboxylic acids is 1. The summed E-state index contributed by atoms with van der Waals surface area (Å²) in [5.74, 6) is -0.121. The number of rotatable bonds is 5. The van der Waals surface area contributed by atoms with Crippen LogP contribution in [0.25, 0.3) is 0 Å². The van der Waals surface area contributed by atoms with Gasteiger partial charge in [0.1, 0.15) is 0 Å². The maximum atomic E-state index is 11.6. The number of amides is 1. The Balaban J connectivity index is 2.82. The number of hydrogen-bond donors (Lipinski definition) is 3. The first-order chi connectivity index (χ1) is 7.69. The lowest BCUT2D eigenvalue weighted by Gasteiger charge is -2.10. The molecule has 0 heterocycles. The summed E-state index contributed by atoms with van der Waals surface area (Å²) in [4.78, 5) is 11.6. The van der Waals surface area contributed by atoms with Crippen LogP contribution in [-0.4, -0.2) is 24.1 Å². The molecule has 1 rings (SSSR count). The Bertz CT molecular complexity index is 353. The Labute approximate surface area is 95.5 Å². The third kappa shape index (κ3) is 3.32. The van der Waals surface area contributed by atoms with Crippen molar-refractivity contribution in [1.82, 2.24) is 5.32 Å². The molecule has 1 aromatic rings. The van der Waals surface area contributed by atoms with Gasteiger partial charge in [0.2, 0.25) is 0 Å². The van der Waals surface area contributed by atoms with Gasteiger partial charge in [0.15, 0.2) is 0 Å². The molecule has 4 N–H and O–H groups in total. The fourth-order valence-corrected chi connectivity index (χ4v) is 1.47. The molecule has 1 amide bonds. The van der Waals surface area contributed by atoms with Gasteiger partial charge in [-0.15, -0.1) is 0 Å². The van der Waals surface area contributed by atoms with Gasteiger partial charge in [-0.05, 0) is 37.6 Å². The average molecular weight is 222 g/mol. The predicted octanol–water partition coefficient (Wildman–Crippen LogP) is 0.819. The fraction of sp³-hybridized carbons (Fsp3) is 0.417. The SMILES string of the molecule is CCNC(=O)c1cccc(C(O)CCN)c1. The molecule has 4 nitrogen and oxygen atoms in total. The van der Waals surface area contributed by atoms with Crippen molar-refractivity contribution in [2.24, 2.45) is 5.73 Å². The lowest BCUT2D eigenvalue weighted by molar-refractivity contribution is 0.0955. The molecule has 0 radical (unpaired) electrons. The average Bonchev–Trinajstić information content (AvgIpc) is 2.30. The zero-order valence-corrected chi connectivity index (χ0v) is 9.44. The summed E-state index contributed by atoms with van der Waals surface area (Å²) in [5.41, 5.74) is 6.67. The summed E-state index contributed by atoms with van der Waals surface area (Å²) in [6.07, 6.45) is -0.0989. The summed E-state index contributed by atoms with van der Waals surface area (Å²) in [5, 5.41) is 12.5. The molecule has 0 saturated heterocycles. The van der Waals surface area contributed by atoms with Gasteiger partial charge in [-0.2, -0.15) is 0 Å². The highest BCUT2D eigenvalue weighted by Gasteiger charge is 2.09. The minimum absolute atomic E-state index is 0.121. The van der Waals surface area contributed by atoms with Crippen molar-refractivity contribution in [2.45, 2.75) is 19.4 Å². The molecule has 1 unspecified atom stereocenters. The molecule has 0 fully saturated rings. The van der Waals surface area contributed by atoms with Crippen LogP contribution in [-0.2, 0) is 0 Å². The molecular weight excluding hydrogens is 204 g/mol. The van der Waals surface area contributed by atoms with E-state index in [-0.39, 0.29) is 5.91 Å². The smallest absolute Gasteiger partial charge is 0.251 e. The van der Waals surface area contributed by atoms with Gasteiger partial charge < -0.3 is 16.2 Å². The molecule has 1 atom stereocenters. The maximum Gasteiger partial charge on any atom is 0.251 e. The molecule has 0 aromatic heterocycles. The molecule has 0 aliphatic rings. The number of aliphatic hydroxyl groups excluding tert-OH is 1. The zero-order valence-electron chi connectivity index (χ0n) is 9.44. The minimum Gasteiger partial charge on any atom is -0.388 e. The first-order valence-electron chi connectivity index (χ1n) is 5.45. The van der Waals surface area contributed by atoms with E-state index in [0.29, 0.717) is 25.1 Å². The standard InChI is InChI=1S/C12H18N2O2/c1-2-14-12(16)10-5-3-4-9(8-10)11(15)6-7-13/h3-5,8,11,15H,2,6-7,13H2,1H3,(H,14,16). The summed E-state index contributed by atoms with van der Waals surface area (Å²) < 4.78 is 0. The van der Waals surface area contributed by atoms with Crippen molar-refractivity contribution < 1.29 is 9.90 Å². The van der Waals surface area contributed by atoms with Crippen LogP contribution in [0.3, 0.4) is 0 Å². The number of hydrogen-bond acceptors (Lipinski definition) is 3. The zero-order chi connectivity index (χ0) is 12.0. The van der Waals surface area contributed by atoms with E-state index in [1.54, 1.807) is 24.3 Å². The van der Waals surface area contributed by atoms with Gasteiger partial charge in [-0.3, -0.25) is 4.79 Å². The third-order valence-electron chi connectivity index (χ3n) is 2.31. The molecule has 16 heavy (non-hydrogen) atoms. The number of nitrogens with two attached hydrogens (primary N) is 1. The topological polar surface area (TPSA) is 75.3 Å². The first-order valence-corrected chi connectivity index (χ1v) is 5.45. The van der Waals surface area contributed by atoms with E-state index in [1.807, 2.05) is 6.92 Å². The van der Waals surface area contributed by atoms with E-state index in [1.165, 1.54) is 0 Å². The second kappa shape index (κ2) is 6.25. The van der Waals surface area contributed by atoms with E-state index in [2.05, 4.69) is 5.32 Å². The lowest BCUT2D eigenvalue weighted by Crippen LogP contribution is -2.22. The first kappa shape index (κ1) is 12.7. The Morgan fingerprint density at radius 1 is 1.56 bits per heavy atom. The highest BCUT2D eigenvalue weighted by atomic mass is 16.3. The molecule has 0 spiro atoms. The molecule has 4 heteroatoms. The van der Waals surface area contributed by atoms with Crippen LogP contribution in [0.2, 0.25) is 0 Å². The Morgan fingerprint density at radius 3 is 2.94 bits per heavy atom. The largest absolute Gasteiger partial charge is 0.388 e. The summed E-state index contributed by atoms with van der Waals surface area (Å²) >= 11 is 0. The van der Waals surface area contributed by atoms with Gasteiger partial charge >= 0.3 is 0 Å². The van der Waals surface area contributed by atoms with Gasteiger partial charge in [0.05, 0.1) is 6.10 Å². The molecule has 0 aliphatic heterocycles. The van der Waals surface area contributed by atoms with E-state index in [9.17, 15) is 9.90 Å². The van der Waals surface area contributed by atoms with Crippen molar-refractivity contribution in [1.29, 1.82) is 0 Å². The van der Waals surface area contributed by atoms with Crippen LogP contribution in [0, 0.1) is 0 Å². The van der Waals surface area contributed by atoms with E-state index >= 15 is 0 Å². The number of carbonyl (C=O) groups is 1. The van der Waals surface area contributed by atoms with E-state index < -0.39 is 6.10 Å². The number of nitrogens with one attached hydrogen (secondary N) is 1. The molecule has 88 valence electrons. The Kier molecular flexibility index (Phi) is 4.95. The highest BCUT2D eigenvalue weighted by Crippen LogP contribution is 2.17. The van der Waals surface area contributed by atoms with E-state index in [0.717, 1.165) is 5.56 Å². The van der Waals surface area contributed by atoms with Crippen LogP contribution < -0.4 is 11.1 Å². The van der Waals surface area contributed by atoms with Crippen LogP contribution in [0.1, 0.15) is 35.4 Å². The summed E-state index contributed by atoms with van der Waals surface area (Å²) in [6, 6.07) is 6.98. The number of aliphatic hydroxyl groups is 1. The van der Waals surface area contributed by atoms with Gasteiger partial charge in [-0.1, -0.05) is 12.1 Å². The molecule has 0 bridgehead atoms. The van der Waals surface area contributed by atoms with Crippen LogP contribution in [0.4, 0.5) is 0 Å². The Hall–Kier alpha value is -1.39. The normalized spacial score (nSPS) is 12.2. The van der Waals surface area contributed by atoms with Gasteiger partial charge in [0, 0.05) is 12.1 Å². The highest BCUT2D eigenvalue weighted by molar-refractivity contribution is 5.94.